The smallest absolute Gasteiger partial charge is 0.184 e. The third kappa shape index (κ3) is 7.10. The number of ketones is 1. The van der Waals surface area contributed by atoms with Gasteiger partial charge in [-0.15, -0.1) is 11.6 Å². The highest BCUT2D eigenvalue weighted by molar-refractivity contribution is 7.96. The van der Waals surface area contributed by atoms with Gasteiger partial charge in [-0.3, -0.25) is 9.52 Å². The Bertz CT molecular complexity index is 797. The molecular formula is C22H27Cl2NO3S. The van der Waals surface area contributed by atoms with Gasteiger partial charge in [0.2, 0.25) is 0 Å². The minimum Gasteiger partial charge on any atom is -0.494 e. The first kappa shape index (κ1) is 23.9. The molecule has 0 spiro atoms. The Kier molecular flexibility index (Phi) is 9.63. The van der Waals surface area contributed by atoms with Crippen molar-refractivity contribution in [2.45, 2.75) is 25.7 Å². The van der Waals surface area contributed by atoms with E-state index in [9.17, 15) is 4.79 Å². The molecular weight excluding hydrogens is 429 g/mol. The normalized spacial score (nSPS) is 11.3. The largest absolute Gasteiger partial charge is 0.494 e. The number of ether oxygens (including phenoxy) is 2. The van der Waals surface area contributed by atoms with Gasteiger partial charge in [0, 0.05) is 11.3 Å². The monoisotopic (exact) mass is 455 g/mol. The molecule has 7 heteroatoms. The van der Waals surface area contributed by atoms with Crippen molar-refractivity contribution in [3.05, 3.63) is 58.6 Å². The highest BCUT2D eigenvalue weighted by Gasteiger charge is 2.24. The Hall–Kier alpha value is -1.40. The van der Waals surface area contributed by atoms with E-state index >= 15 is 0 Å². The minimum atomic E-state index is -0.255. The first-order valence-corrected chi connectivity index (χ1v) is 11.5. The zero-order valence-electron chi connectivity index (χ0n) is 17.0. The lowest BCUT2D eigenvalue weighted by molar-refractivity contribution is -0.119. The van der Waals surface area contributed by atoms with Gasteiger partial charge >= 0.3 is 0 Å². The second kappa shape index (κ2) is 11.7. The summed E-state index contributed by atoms with van der Waals surface area (Å²) in [5.74, 6) is 1.89. The molecule has 0 aromatic heterocycles. The second-order valence-electron chi connectivity index (χ2n) is 7.04. The third-order valence-electron chi connectivity index (χ3n) is 4.58. The molecule has 0 amide bonds. The van der Waals surface area contributed by atoms with Crippen LogP contribution >= 0.6 is 35.1 Å². The standard InChI is InChI=1S/C22H27Cl2NO3S/c1-22(2,16-5-8-19(9-6-16)27-12-4-11-23)17-7-10-21(20(24)13-17)28-15-18(26)14-25-29-3/h5-10,13,25H,4,11-12,14-15H2,1-3H3. The summed E-state index contributed by atoms with van der Waals surface area (Å²) in [6.45, 7) is 5.14. The molecule has 2 rings (SSSR count). The van der Waals surface area contributed by atoms with Crippen LogP contribution in [0.15, 0.2) is 42.5 Å². The average Bonchev–Trinajstić information content (AvgIpc) is 2.71. The molecule has 0 bridgehead atoms. The Morgan fingerprint density at radius 3 is 2.41 bits per heavy atom. The Balaban J connectivity index is 2.06. The summed E-state index contributed by atoms with van der Waals surface area (Å²) in [6.07, 6.45) is 2.69. The van der Waals surface area contributed by atoms with Crippen LogP contribution in [0.4, 0.5) is 0 Å². The molecule has 4 nitrogen and oxygen atoms in total. The van der Waals surface area contributed by atoms with Crippen molar-refractivity contribution in [3.63, 3.8) is 0 Å². The Morgan fingerprint density at radius 1 is 1.10 bits per heavy atom. The van der Waals surface area contributed by atoms with Crippen molar-refractivity contribution in [1.29, 1.82) is 0 Å². The van der Waals surface area contributed by atoms with Crippen LogP contribution in [0.3, 0.4) is 0 Å². The van der Waals surface area contributed by atoms with Crippen molar-refractivity contribution < 1.29 is 14.3 Å². The predicted octanol–water partition coefficient (Wildman–Crippen LogP) is 5.49. The SMILES string of the molecule is CSNCC(=O)COc1ccc(C(C)(C)c2ccc(OCCCCl)cc2)cc1Cl. The van der Waals surface area contributed by atoms with Crippen molar-refractivity contribution in [3.8, 4) is 11.5 Å². The molecule has 0 heterocycles. The fraction of sp³-hybridized carbons (Fsp3) is 0.409. The molecule has 158 valence electrons. The maximum atomic E-state index is 11.7. The highest BCUT2D eigenvalue weighted by atomic mass is 35.5. The van der Waals surface area contributed by atoms with Crippen LogP contribution in [0.25, 0.3) is 0 Å². The van der Waals surface area contributed by atoms with Gasteiger partial charge < -0.3 is 9.47 Å². The Labute approximate surface area is 187 Å². The first-order chi connectivity index (χ1) is 13.9. The van der Waals surface area contributed by atoms with E-state index in [-0.39, 0.29) is 24.3 Å². The van der Waals surface area contributed by atoms with Gasteiger partial charge in [0.15, 0.2) is 5.78 Å². The first-order valence-electron chi connectivity index (χ1n) is 9.38. The number of alkyl halides is 1. The van der Waals surface area contributed by atoms with E-state index in [1.165, 1.54) is 11.9 Å². The number of carbonyl (C=O) groups is 1. The van der Waals surface area contributed by atoms with Crippen LogP contribution in [-0.2, 0) is 10.2 Å². The van der Waals surface area contributed by atoms with Crippen LogP contribution in [0.5, 0.6) is 11.5 Å². The van der Waals surface area contributed by atoms with E-state index in [0.29, 0.717) is 23.3 Å². The topological polar surface area (TPSA) is 47.6 Å². The van der Waals surface area contributed by atoms with Crippen LogP contribution in [0.2, 0.25) is 5.02 Å². The lowest BCUT2D eigenvalue weighted by atomic mass is 9.78. The lowest BCUT2D eigenvalue weighted by Crippen LogP contribution is -2.22. The summed E-state index contributed by atoms with van der Waals surface area (Å²) < 4.78 is 14.1. The summed E-state index contributed by atoms with van der Waals surface area (Å²) in [7, 11) is 0. The minimum absolute atomic E-state index is 0.0127. The van der Waals surface area contributed by atoms with Crippen molar-refractivity contribution >= 4 is 40.9 Å². The Morgan fingerprint density at radius 2 is 1.79 bits per heavy atom. The summed E-state index contributed by atoms with van der Waals surface area (Å²) >= 11 is 13.5. The number of carbonyl (C=O) groups excluding carboxylic acids is 1. The van der Waals surface area contributed by atoms with Crippen LogP contribution in [-0.4, -0.2) is 37.7 Å². The van der Waals surface area contributed by atoms with E-state index in [1.807, 2.05) is 36.6 Å². The maximum absolute atomic E-state index is 11.7. The van der Waals surface area contributed by atoms with Gasteiger partial charge in [-0.2, -0.15) is 0 Å². The average molecular weight is 456 g/mol. The van der Waals surface area contributed by atoms with Crippen molar-refractivity contribution in [2.75, 3.05) is 31.9 Å². The molecule has 2 aromatic carbocycles. The zero-order valence-corrected chi connectivity index (χ0v) is 19.3. The fourth-order valence-corrected chi connectivity index (χ4v) is 3.40. The van der Waals surface area contributed by atoms with Crippen molar-refractivity contribution in [2.24, 2.45) is 0 Å². The predicted molar refractivity (Wildman–Crippen MR) is 123 cm³/mol. The number of nitrogens with one attached hydrogen (secondary N) is 1. The van der Waals surface area contributed by atoms with Crippen LogP contribution in [0, 0.1) is 0 Å². The number of halogens is 2. The summed E-state index contributed by atoms with van der Waals surface area (Å²) in [4.78, 5) is 11.7. The number of Topliss-reactive ketones (excluding diaryl/α,β-unsaturated/α-hetero) is 1. The molecule has 29 heavy (non-hydrogen) atoms. The van der Waals surface area contributed by atoms with Gasteiger partial charge in [-0.1, -0.05) is 55.6 Å². The molecule has 0 radical (unpaired) electrons. The van der Waals surface area contributed by atoms with Gasteiger partial charge in [-0.05, 0) is 48.1 Å². The highest BCUT2D eigenvalue weighted by Crippen LogP contribution is 2.36. The number of hydrogen-bond acceptors (Lipinski definition) is 5. The molecule has 0 saturated carbocycles. The molecule has 0 aliphatic heterocycles. The molecule has 0 aliphatic carbocycles. The van der Waals surface area contributed by atoms with Gasteiger partial charge in [-0.25, -0.2) is 0 Å². The van der Waals surface area contributed by atoms with E-state index < -0.39 is 0 Å². The van der Waals surface area contributed by atoms with Crippen LogP contribution in [0.1, 0.15) is 31.4 Å². The molecule has 0 unspecified atom stereocenters. The molecule has 0 fully saturated rings. The number of rotatable bonds is 12. The number of benzene rings is 2. The van der Waals surface area contributed by atoms with E-state index in [4.69, 9.17) is 32.7 Å². The van der Waals surface area contributed by atoms with Crippen LogP contribution < -0.4 is 14.2 Å². The molecule has 0 saturated heterocycles. The van der Waals surface area contributed by atoms with E-state index in [1.54, 1.807) is 0 Å². The summed E-state index contributed by atoms with van der Waals surface area (Å²) in [5, 5.41) is 0.488. The lowest BCUT2D eigenvalue weighted by Gasteiger charge is -2.27. The quantitative estimate of drug-likeness (QED) is 0.260. The molecule has 0 aliphatic rings. The zero-order chi connectivity index (χ0) is 21.3. The fourth-order valence-electron chi connectivity index (χ4n) is 2.75. The van der Waals surface area contributed by atoms with Crippen molar-refractivity contribution in [1.82, 2.24) is 4.72 Å². The van der Waals surface area contributed by atoms with Gasteiger partial charge in [0.05, 0.1) is 18.2 Å². The van der Waals surface area contributed by atoms with E-state index in [0.717, 1.165) is 23.3 Å². The molecule has 1 N–H and O–H groups in total. The van der Waals surface area contributed by atoms with Gasteiger partial charge in [0.1, 0.15) is 18.1 Å². The molecule has 2 aromatic rings. The molecule has 0 atom stereocenters. The maximum Gasteiger partial charge on any atom is 0.184 e. The third-order valence-corrected chi connectivity index (χ3v) is 5.57. The number of hydrogen-bond donors (Lipinski definition) is 1. The summed E-state index contributed by atoms with van der Waals surface area (Å²) in [6, 6.07) is 13.8. The summed E-state index contributed by atoms with van der Waals surface area (Å²) in [5.41, 5.74) is 1.95. The van der Waals surface area contributed by atoms with E-state index in [2.05, 4.69) is 30.7 Å². The second-order valence-corrected chi connectivity index (χ2v) is 8.52. The van der Waals surface area contributed by atoms with Gasteiger partial charge in [0.25, 0.3) is 0 Å².